The van der Waals surface area contributed by atoms with Crippen molar-refractivity contribution in [2.75, 3.05) is 0 Å². The van der Waals surface area contributed by atoms with Gasteiger partial charge in [-0.3, -0.25) is 39.9 Å². The van der Waals surface area contributed by atoms with Crippen LogP contribution in [-0.4, -0.2) is 38.6 Å². The van der Waals surface area contributed by atoms with E-state index in [2.05, 4.69) is 0 Å². The molecular weight excluding hydrogens is 392 g/mol. The number of nitro benzene ring substituents is 2. The highest BCUT2D eigenvalue weighted by atomic mass is 16.6. The van der Waals surface area contributed by atoms with Crippen LogP contribution >= 0.6 is 0 Å². The number of nitrogens with one attached hydrogen (secondary N) is 1. The van der Waals surface area contributed by atoms with Crippen LogP contribution in [0.1, 0.15) is 41.4 Å². The lowest BCUT2D eigenvalue weighted by Crippen LogP contribution is -2.20. The number of carbonyl (C=O) groups is 4. The quantitative estimate of drug-likeness (QED) is 0.375. The Morgan fingerprint density at radius 1 is 0.931 bits per heavy atom. The van der Waals surface area contributed by atoms with Crippen LogP contribution in [0.25, 0.3) is 0 Å². The lowest BCUT2D eigenvalue weighted by Gasteiger charge is -2.02. The second kappa shape index (κ2) is 7.91. The fourth-order valence-electron chi connectivity index (χ4n) is 2.48. The summed E-state index contributed by atoms with van der Waals surface area (Å²) < 4.78 is 0. The van der Waals surface area contributed by atoms with Gasteiger partial charge in [0.1, 0.15) is 11.1 Å². The third-order valence-corrected chi connectivity index (χ3v) is 3.66. The van der Waals surface area contributed by atoms with Crippen molar-refractivity contribution in [2.45, 2.75) is 0 Å². The molecule has 0 radical (unpaired) electrons. The van der Waals surface area contributed by atoms with Gasteiger partial charge in [-0.25, -0.2) is 4.79 Å². The summed E-state index contributed by atoms with van der Waals surface area (Å²) in [4.78, 5) is 63.3. The van der Waals surface area contributed by atoms with Gasteiger partial charge in [-0.1, -0.05) is 12.1 Å². The summed E-state index contributed by atoms with van der Waals surface area (Å²) in [6, 6.07) is 7.26. The topological polar surface area (TPSA) is 213 Å². The number of amides is 3. The maximum Gasteiger partial charge on any atom is 0.343 e. The van der Waals surface area contributed by atoms with Gasteiger partial charge >= 0.3 is 5.97 Å². The molecule has 1 aliphatic heterocycles. The van der Waals surface area contributed by atoms with Gasteiger partial charge in [0.2, 0.25) is 5.91 Å². The van der Waals surface area contributed by atoms with Crippen LogP contribution in [0.5, 0.6) is 0 Å². The lowest BCUT2D eigenvalue weighted by atomic mass is 10.1. The van der Waals surface area contributed by atoms with Crippen molar-refractivity contribution in [1.82, 2.24) is 5.32 Å². The molecule has 4 N–H and O–H groups in total. The van der Waals surface area contributed by atoms with Crippen molar-refractivity contribution in [3.63, 3.8) is 0 Å². The van der Waals surface area contributed by atoms with E-state index in [0.717, 1.165) is 12.1 Å². The van der Waals surface area contributed by atoms with Crippen LogP contribution in [0, 0.1) is 20.2 Å². The van der Waals surface area contributed by atoms with E-state index in [-0.39, 0.29) is 22.4 Å². The first-order chi connectivity index (χ1) is 13.6. The molecule has 2 aromatic rings. The maximum atomic E-state index is 11.2. The molecule has 0 spiro atoms. The lowest BCUT2D eigenvalue weighted by molar-refractivity contribution is -0.385. The Bertz CT molecular complexity index is 1060. The molecule has 0 aromatic heterocycles. The number of fused-ring (bicyclic) bond motifs is 1. The molecule has 3 amide bonds. The number of hydrogen-bond donors (Lipinski definition) is 3. The predicted octanol–water partition coefficient (Wildman–Crippen LogP) is 0.870. The van der Waals surface area contributed by atoms with Crippen LogP contribution < -0.4 is 11.1 Å². The molecule has 0 aliphatic carbocycles. The molecule has 0 bridgehead atoms. The van der Waals surface area contributed by atoms with Crippen molar-refractivity contribution in [3.8, 4) is 0 Å². The maximum absolute atomic E-state index is 11.2. The normalized spacial score (nSPS) is 11.6. The second-order valence-corrected chi connectivity index (χ2v) is 5.37. The average molecular weight is 402 g/mol. The largest absolute Gasteiger partial charge is 0.477 e. The van der Waals surface area contributed by atoms with Crippen molar-refractivity contribution in [3.05, 3.63) is 78.9 Å². The van der Waals surface area contributed by atoms with Gasteiger partial charge in [-0.05, 0) is 12.1 Å². The van der Waals surface area contributed by atoms with Gasteiger partial charge in [0, 0.05) is 12.1 Å². The smallest absolute Gasteiger partial charge is 0.343 e. The summed E-state index contributed by atoms with van der Waals surface area (Å²) in [5.41, 5.74) is 2.75. The van der Waals surface area contributed by atoms with Gasteiger partial charge in [0.25, 0.3) is 23.2 Å². The number of nitro groups is 2. The third kappa shape index (κ3) is 4.02. The zero-order valence-corrected chi connectivity index (χ0v) is 14.1. The van der Waals surface area contributed by atoms with E-state index in [9.17, 15) is 39.4 Å². The molecule has 1 aliphatic rings. The first-order valence-electron chi connectivity index (χ1n) is 7.49. The Morgan fingerprint density at radius 3 is 2.00 bits per heavy atom. The molecular formula is C16H10N4O9. The second-order valence-electron chi connectivity index (χ2n) is 5.37. The predicted molar refractivity (Wildman–Crippen MR) is 93.5 cm³/mol. The molecule has 3 rings (SSSR count). The van der Waals surface area contributed by atoms with E-state index in [1.54, 1.807) is 0 Å². The number of primary amides is 1. The number of carboxylic acids is 1. The average Bonchev–Trinajstić information content (AvgIpc) is 2.95. The molecule has 0 saturated heterocycles. The highest BCUT2D eigenvalue weighted by Crippen LogP contribution is 2.25. The van der Waals surface area contributed by atoms with Gasteiger partial charge in [0.15, 0.2) is 0 Å². The summed E-state index contributed by atoms with van der Waals surface area (Å²) in [6.07, 6.45) is 0. The first-order valence-corrected chi connectivity index (χ1v) is 7.49. The van der Waals surface area contributed by atoms with Crippen LogP contribution in [0.15, 0.2) is 36.4 Å². The van der Waals surface area contributed by atoms with Crippen molar-refractivity contribution in [1.29, 1.82) is 0 Å². The zero-order valence-electron chi connectivity index (χ0n) is 14.1. The van der Waals surface area contributed by atoms with Crippen molar-refractivity contribution >= 4 is 35.1 Å². The number of aromatic carboxylic acids is 1. The van der Waals surface area contributed by atoms with Gasteiger partial charge in [0.05, 0.1) is 21.0 Å². The Labute approximate surface area is 160 Å². The number of nitrogens with two attached hydrogens (primary N) is 1. The third-order valence-electron chi connectivity index (χ3n) is 3.66. The Morgan fingerprint density at radius 2 is 1.48 bits per heavy atom. The molecule has 0 unspecified atom stereocenters. The van der Waals surface area contributed by atoms with Gasteiger partial charge in [-0.15, -0.1) is 0 Å². The Hall–Kier alpha value is -4.68. The van der Waals surface area contributed by atoms with Crippen LogP contribution in [-0.2, 0) is 0 Å². The molecule has 13 nitrogen and oxygen atoms in total. The van der Waals surface area contributed by atoms with Crippen molar-refractivity contribution < 1.29 is 34.1 Å². The van der Waals surface area contributed by atoms with E-state index in [0.29, 0.717) is 0 Å². The number of nitrogens with zero attached hydrogens (tertiary/aromatic N) is 2. The Balaban J connectivity index is 0.000000207. The van der Waals surface area contributed by atoms with E-state index in [4.69, 9.17) is 10.8 Å². The van der Waals surface area contributed by atoms with E-state index in [1.807, 2.05) is 5.32 Å². The minimum absolute atomic E-state index is 0.0594. The highest BCUT2D eigenvalue weighted by Gasteiger charge is 2.33. The van der Waals surface area contributed by atoms with Gasteiger partial charge < -0.3 is 10.8 Å². The van der Waals surface area contributed by atoms with Crippen LogP contribution in [0.4, 0.5) is 11.4 Å². The summed E-state index contributed by atoms with van der Waals surface area (Å²) in [7, 11) is 0. The molecule has 0 saturated carbocycles. The molecule has 1 heterocycles. The zero-order chi connectivity index (χ0) is 21.9. The van der Waals surface area contributed by atoms with Crippen LogP contribution in [0.2, 0.25) is 0 Å². The van der Waals surface area contributed by atoms with Crippen LogP contribution in [0.3, 0.4) is 0 Å². The minimum atomic E-state index is -1.56. The Kier molecular flexibility index (Phi) is 5.63. The van der Waals surface area contributed by atoms with Gasteiger partial charge in [-0.2, -0.15) is 0 Å². The van der Waals surface area contributed by atoms with E-state index in [1.165, 1.54) is 24.3 Å². The number of imide groups is 1. The van der Waals surface area contributed by atoms with Crippen molar-refractivity contribution in [2.24, 2.45) is 5.73 Å². The van der Waals surface area contributed by atoms with E-state index < -0.39 is 44.8 Å². The summed E-state index contributed by atoms with van der Waals surface area (Å²) >= 11 is 0. The standard InChI is InChI=1S/C8H6N2O5.C8H4N2O4/c9-7(11)4-2-1-3-5(10(14)15)6(4)8(12)13;11-7-4-2-1-3-5(10(13)14)6(4)8(12)9-7/h1-3H,(H2,9,11)(H,12,13);1-3H,(H,9,11,12). The number of carbonyl (C=O) groups excluding carboxylic acids is 3. The monoisotopic (exact) mass is 402 g/mol. The first kappa shape index (κ1) is 20.6. The number of hydrogen-bond acceptors (Lipinski definition) is 8. The fourth-order valence-corrected chi connectivity index (χ4v) is 2.48. The molecule has 2 aromatic carbocycles. The summed E-state index contributed by atoms with van der Waals surface area (Å²) in [6.45, 7) is 0. The van der Waals surface area contributed by atoms with E-state index >= 15 is 0 Å². The molecule has 0 fully saturated rings. The molecule has 0 atom stereocenters. The number of rotatable bonds is 4. The molecule has 29 heavy (non-hydrogen) atoms. The summed E-state index contributed by atoms with van der Waals surface area (Å²) in [5, 5.41) is 31.7. The highest BCUT2D eigenvalue weighted by molar-refractivity contribution is 6.23. The minimum Gasteiger partial charge on any atom is -0.477 e. The molecule has 13 heteroatoms. The molecule has 148 valence electrons. The number of benzene rings is 2. The SMILES string of the molecule is NC(=O)c1cccc([N+](=O)[O-])c1C(=O)O.O=C1NC(=O)c2c1cccc2[N+](=O)[O-]. The fraction of sp³-hybridized carbons (Fsp3) is 0. The number of carboxylic acid groups (broad SMARTS) is 1. The summed E-state index contributed by atoms with van der Waals surface area (Å²) in [5.74, 6) is -3.88.